The van der Waals surface area contributed by atoms with E-state index in [1.165, 1.54) is 0 Å². The van der Waals surface area contributed by atoms with Gasteiger partial charge in [-0.3, -0.25) is 0 Å². The lowest BCUT2D eigenvalue weighted by Crippen LogP contribution is -2.66. The maximum Gasteiger partial charge on any atom is 0.362 e. The van der Waals surface area contributed by atoms with Gasteiger partial charge in [-0.2, -0.15) is 0 Å². The predicted molar refractivity (Wildman–Crippen MR) is 124 cm³/mol. The summed E-state index contributed by atoms with van der Waals surface area (Å²) in [6.07, 6.45) is 2.18. The Morgan fingerprint density at radius 3 is 0.963 bits per heavy atom. The molecule has 0 N–H and O–H groups in total. The molecule has 0 spiro atoms. The van der Waals surface area contributed by atoms with Crippen LogP contribution in [-0.4, -0.2) is 71.6 Å². The molecule has 1 rings (SSSR count). The summed E-state index contributed by atoms with van der Waals surface area (Å²) in [5.74, 6) is 0. The monoisotopic (exact) mass is 377 g/mol. The van der Waals surface area contributed by atoms with Crippen LogP contribution in [0, 0.1) is 0 Å². The Morgan fingerprint density at radius 1 is 0.481 bits per heavy atom. The fourth-order valence-corrected chi connectivity index (χ4v) is 5.44. The van der Waals surface area contributed by atoms with E-state index in [0.29, 0.717) is 43.1 Å². The van der Waals surface area contributed by atoms with Crippen molar-refractivity contribution < 1.29 is 4.57 Å². The van der Waals surface area contributed by atoms with Gasteiger partial charge in [0.05, 0.1) is 0 Å². The molecule has 0 aliphatic carbocycles. The minimum Gasteiger partial charge on any atom is -0.473 e. The Kier molecular flexibility index (Phi) is 9.94. The zero-order chi connectivity index (χ0) is 21.0. The van der Waals surface area contributed by atoms with E-state index < -0.39 is 0 Å². The average Bonchev–Trinajstić information content (AvgIpc) is 2.44. The van der Waals surface area contributed by atoms with Crippen LogP contribution in [-0.2, 0) is 4.57 Å². The molecule has 0 unspecified atom stereocenters. The summed E-state index contributed by atoms with van der Waals surface area (Å²) in [5, 5.41) is 0. The summed E-state index contributed by atoms with van der Waals surface area (Å²) in [5.41, 5.74) is 0. The molecule has 0 bridgehead atoms. The molecule has 156 valence electrons. The van der Waals surface area contributed by atoms with Gasteiger partial charge in [0.15, 0.2) is 0 Å². The van der Waals surface area contributed by atoms with Crippen LogP contribution in [0.4, 0.5) is 0 Å². The molecule has 0 aromatic heterocycles. The predicted octanol–water partition coefficient (Wildman–Crippen LogP) is 4.42. The van der Waals surface area contributed by atoms with Crippen molar-refractivity contribution in [3.05, 3.63) is 0 Å². The quantitative estimate of drug-likeness (QED) is 0.554. The van der Waals surface area contributed by atoms with Gasteiger partial charge >= 0.3 is 14.1 Å². The van der Waals surface area contributed by atoms with Crippen LogP contribution in [0.25, 0.3) is 0 Å². The van der Waals surface area contributed by atoms with Gasteiger partial charge in [-0.1, -0.05) is 83.1 Å². The fraction of sp³-hybridized carbons (Fsp3) is 1.00. The van der Waals surface area contributed by atoms with E-state index in [4.69, 9.17) is 4.57 Å². The Bertz CT molecular complexity index is 341. The molecule has 0 radical (unpaired) electrons. The summed E-state index contributed by atoms with van der Waals surface area (Å²) in [7, 11) is 0.350. The van der Waals surface area contributed by atoms with Gasteiger partial charge in [-0.15, -0.1) is 0 Å². The summed E-state index contributed by atoms with van der Waals surface area (Å²) in [6.45, 7) is 28.3. The van der Waals surface area contributed by atoms with Crippen LogP contribution >= 0.6 is 0 Å². The molecule has 0 aromatic rings. The first-order valence-electron chi connectivity index (χ1n) is 11.4. The normalized spacial score (nSPS) is 17.0. The zero-order valence-corrected chi connectivity index (χ0v) is 20.4. The minimum atomic E-state index is 0.175. The van der Waals surface area contributed by atoms with E-state index in [1.807, 2.05) is 0 Å². The third kappa shape index (κ3) is 6.52. The lowest BCUT2D eigenvalue weighted by Gasteiger charge is -2.48. The topological polar surface area (TPSA) is 19.0 Å². The summed E-state index contributed by atoms with van der Waals surface area (Å²) in [6, 6.07) is 3.01. The molecule has 1 aliphatic rings. The Labute approximate surface area is 172 Å². The maximum absolute atomic E-state index is 6.82. The molecule has 0 atom stereocenters. The Balaban J connectivity index is 3.25. The van der Waals surface area contributed by atoms with E-state index in [1.54, 1.807) is 0 Å². The third-order valence-electron chi connectivity index (χ3n) is 5.93. The van der Waals surface area contributed by atoms with Crippen LogP contribution in [0.3, 0.4) is 0 Å². The van der Waals surface area contributed by atoms with Crippen molar-refractivity contribution in [2.45, 2.75) is 132 Å². The van der Waals surface area contributed by atoms with Crippen LogP contribution in [0.5, 0.6) is 0 Å². The van der Waals surface area contributed by atoms with E-state index in [0.717, 1.165) is 12.4 Å². The minimum absolute atomic E-state index is 0.175. The molecule has 1 aliphatic heterocycles. The van der Waals surface area contributed by atoms with Crippen LogP contribution < -0.4 is 0 Å². The average molecular weight is 377 g/mol. The molecule has 4 nitrogen and oxygen atoms in total. The largest absolute Gasteiger partial charge is 0.473 e. The standard InChI is InChI=1S/C20H46B3N3O/c1-15(2)24(16(3)4)21-13-22(25(17(5)6)18(7)8)27-23(14-21)26(19(9)10)20(11)12/h15-20H,13-14H2,1-12H3. The second-order valence-corrected chi connectivity index (χ2v) is 10.1. The number of hydrogen-bond donors (Lipinski definition) is 0. The highest BCUT2D eigenvalue weighted by Gasteiger charge is 2.48. The molecule has 7 heteroatoms. The summed E-state index contributed by atoms with van der Waals surface area (Å²) >= 11 is 0. The molecular weight excluding hydrogens is 331 g/mol. The SMILES string of the molecule is CC(C)N(B1CB(N(C(C)C)C(C)C)OB(N(C(C)C)C(C)C)C1)C(C)C. The molecule has 27 heavy (non-hydrogen) atoms. The van der Waals surface area contributed by atoms with E-state index in [9.17, 15) is 0 Å². The van der Waals surface area contributed by atoms with Crippen molar-refractivity contribution in [1.82, 2.24) is 14.4 Å². The Morgan fingerprint density at radius 2 is 0.741 bits per heavy atom. The second-order valence-electron chi connectivity index (χ2n) is 10.1. The van der Waals surface area contributed by atoms with Crippen molar-refractivity contribution in [3.63, 3.8) is 0 Å². The van der Waals surface area contributed by atoms with Crippen LogP contribution in [0.2, 0.25) is 12.4 Å². The summed E-state index contributed by atoms with van der Waals surface area (Å²) < 4.78 is 6.82. The highest BCUT2D eigenvalue weighted by molar-refractivity contribution is 6.86. The van der Waals surface area contributed by atoms with Gasteiger partial charge in [0.1, 0.15) is 0 Å². The second kappa shape index (κ2) is 10.7. The van der Waals surface area contributed by atoms with E-state index in [-0.39, 0.29) is 14.1 Å². The lowest BCUT2D eigenvalue weighted by molar-refractivity contribution is 0.230. The molecular formula is C20H46B3N3O. The third-order valence-corrected chi connectivity index (χ3v) is 5.93. The smallest absolute Gasteiger partial charge is 0.362 e. The first-order chi connectivity index (χ1) is 12.4. The van der Waals surface area contributed by atoms with Crippen LogP contribution in [0.1, 0.15) is 83.1 Å². The highest BCUT2D eigenvalue weighted by Crippen LogP contribution is 2.29. The summed E-state index contributed by atoms with van der Waals surface area (Å²) in [4.78, 5) is 7.84. The molecule has 0 aromatic carbocycles. The first-order valence-corrected chi connectivity index (χ1v) is 11.4. The zero-order valence-electron chi connectivity index (χ0n) is 20.4. The first kappa shape index (κ1) is 25.1. The van der Waals surface area contributed by atoms with Crippen molar-refractivity contribution in [1.29, 1.82) is 0 Å². The van der Waals surface area contributed by atoms with Crippen molar-refractivity contribution in [2.75, 3.05) is 0 Å². The Hall–Kier alpha value is 0.0348. The maximum atomic E-state index is 6.82. The van der Waals surface area contributed by atoms with Gasteiger partial charge in [-0.25, -0.2) is 0 Å². The van der Waals surface area contributed by atoms with Crippen molar-refractivity contribution in [3.8, 4) is 0 Å². The van der Waals surface area contributed by atoms with Gasteiger partial charge in [0.2, 0.25) is 6.85 Å². The molecule has 0 saturated carbocycles. The lowest BCUT2D eigenvalue weighted by atomic mass is 9.31. The number of nitrogens with zero attached hydrogens (tertiary/aromatic N) is 3. The van der Waals surface area contributed by atoms with Gasteiger partial charge in [0, 0.05) is 0 Å². The molecule has 1 fully saturated rings. The molecule has 1 saturated heterocycles. The van der Waals surface area contributed by atoms with E-state index >= 15 is 0 Å². The highest BCUT2D eigenvalue weighted by atomic mass is 16.4. The van der Waals surface area contributed by atoms with E-state index in [2.05, 4.69) is 97.5 Å². The molecule has 0 amide bonds. The molecule has 1 heterocycles. The van der Waals surface area contributed by atoms with Gasteiger partial charge in [-0.05, 0) is 48.7 Å². The van der Waals surface area contributed by atoms with Crippen molar-refractivity contribution >= 4 is 20.9 Å². The van der Waals surface area contributed by atoms with Crippen LogP contribution in [0.15, 0.2) is 0 Å². The number of rotatable bonds is 9. The number of hydrogen-bond acceptors (Lipinski definition) is 4. The van der Waals surface area contributed by atoms with Crippen molar-refractivity contribution in [2.24, 2.45) is 0 Å². The van der Waals surface area contributed by atoms with Gasteiger partial charge < -0.3 is 19.0 Å². The fourth-order valence-electron chi connectivity index (χ4n) is 5.44. The van der Waals surface area contributed by atoms with Gasteiger partial charge in [0.25, 0.3) is 0 Å².